The maximum Gasteiger partial charge on any atom is 0.119 e. The molecule has 3 aromatic rings. The molecule has 0 radical (unpaired) electrons. The summed E-state index contributed by atoms with van der Waals surface area (Å²) in [7, 11) is 0. The molecule has 0 spiro atoms. The van der Waals surface area contributed by atoms with Crippen molar-refractivity contribution in [3.05, 3.63) is 101 Å². The van der Waals surface area contributed by atoms with Gasteiger partial charge in [0.25, 0.3) is 0 Å². The average molecular weight is 365 g/mol. The van der Waals surface area contributed by atoms with E-state index in [1.165, 1.54) is 16.7 Å². The van der Waals surface area contributed by atoms with Crippen LogP contribution in [0.3, 0.4) is 0 Å². The lowest BCUT2D eigenvalue weighted by Crippen LogP contribution is -2.12. The van der Waals surface area contributed by atoms with Crippen LogP contribution in [0.25, 0.3) is 0 Å². The van der Waals surface area contributed by atoms with Crippen LogP contribution in [0.4, 0.5) is 0 Å². The number of hydrogen-bond acceptors (Lipinski definition) is 1. The average Bonchev–Trinajstić information content (AvgIpc) is 2.69. The molecular weight excluding hydrogens is 340 g/mol. The van der Waals surface area contributed by atoms with Crippen LogP contribution >= 0.6 is 11.6 Å². The molecule has 0 aliphatic rings. The second-order valence-corrected chi connectivity index (χ2v) is 6.89. The predicted molar refractivity (Wildman–Crippen MR) is 110 cm³/mol. The Bertz CT molecular complexity index is 794. The molecule has 0 saturated carbocycles. The number of halogens is 1. The highest BCUT2D eigenvalue weighted by atomic mass is 35.5. The zero-order chi connectivity index (χ0) is 18.4. The fourth-order valence-electron chi connectivity index (χ4n) is 3.63. The van der Waals surface area contributed by atoms with Crippen LogP contribution in [0.2, 0.25) is 5.02 Å². The van der Waals surface area contributed by atoms with E-state index < -0.39 is 0 Å². The number of hydrogen-bond donors (Lipinski definition) is 0. The Labute approximate surface area is 161 Å². The largest absolute Gasteiger partial charge is 0.494 e. The summed E-state index contributed by atoms with van der Waals surface area (Å²) >= 11 is 6.13. The van der Waals surface area contributed by atoms with Crippen molar-refractivity contribution in [3.63, 3.8) is 0 Å². The maximum atomic E-state index is 6.13. The summed E-state index contributed by atoms with van der Waals surface area (Å²) in [5.74, 6) is 1.59. The number of benzene rings is 3. The molecule has 0 fully saturated rings. The van der Waals surface area contributed by atoms with E-state index >= 15 is 0 Å². The molecule has 0 N–H and O–H groups in total. The third-order valence-corrected chi connectivity index (χ3v) is 5.10. The van der Waals surface area contributed by atoms with Crippen molar-refractivity contribution < 1.29 is 4.74 Å². The molecule has 0 heterocycles. The zero-order valence-corrected chi connectivity index (χ0v) is 16.1. The minimum Gasteiger partial charge on any atom is -0.494 e. The molecule has 3 rings (SSSR count). The van der Waals surface area contributed by atoms with Gasteiger partial charge in [-0.1, -0.05) is 73.1 Å². The fourth-order valence-corrected chi connectivity index (χ4v) is 3.76. The first-order valence-corrected chi connectivity index (χ1v) is 9.63. The van der Waals surface area contributed by atoms with E-state index in [2.05, 4.69) is 73.7 Å². The molecule has 2 heteroatoms. The molecule has 1 nitrogen and oxygen atoms in total. The van der Waals surface area contributed by atoms with Crippen LogP contribution in [-0.2, 0) is 0 Å². The summed E-state index contributed by atoms with van der Waals surface area (Å²) in [4.78, 5) is 0. The maximum absolute atomic E-state index is 6.13. The first-order valence-electron chi connectivity index (χ1n) is 9.26. The monoisotopic (exact) mass is 364 g/mol. The second-order valence-electron chi connectivity index (χ2n) is 6.46. The third kappa shape index (κ3) is 4.28. The van der Waals surface area contributed by atoms with Crippen molar-refractivity contribution in [1.29, 1.82) is 0 Å². The molecule has 0 aliphatic heterocycles. The number of ether oxygens (including phenoxy) is 1. The van der Waals surface area contributed by atoms with Gasteiger partial charge >= 0.3 is 0 Å². The van der Waals surface area contributed by atoms with Crippen LogP contribution in [0.15, 0.2) is 78.9 Å². The van der Waals surface area contributed by atoms with Crippen molar-refractivity contribution in [2.75, 3.05) is 6.61 Å². The molecule has 26 heavy (non-hydrogen) atoms. The van der Waals surface area contributed by atoms with E-state index in [0.717, 1.165) is 17.2 Å². The van der Waals surface area contributed by atoms with Crippen LogP contribution in [0.1, 0.15) is 48.8 Å². The van der Waals surface area contributed by atoms with Gasteiger partial charge in [0.15, 0.2) is 0 Å². The van der Waals surface area contributed by atoms with E-state index in [-0.39, 0.29) is 5.92 Å². The summed E-state index contributed by atoms with van der Waals surface area (Å²) in [5.41, 5.74) is 3.95. The molecule has 0 aliphatic carbocycles. The summed E-state index contributed by atoms with van der Waals surface area (Å²) < 4.78 is 5.62. The number of rotatable bonds is 7. The van der Waals surface area contributed by atoms with E-state index in [9.17, 15) is 0 Å². The summed E-state index contributed by atoms with van der Waals surface area (Å²) in [6.07, 6.45) is 1.06. The van der Waals surface area contributed by atoms with Gasteiger partial charge in [-0.15, -0.1) is 0 Å². The Balaban J connectivity index is 2.05. The van der Waals surface area contributed by atoms with Crippen LogP contribution in [0.5, 0.6) is 5.75 Å². The van der Waals surface area contributed by atoms with Crippen molar-refractivity contribution in [2.24, 2.45) is 0 Å². The Morgan fingerprint density at radius 1 is 0.731 bits per heavy atom. The van der Waals surface area contributed by atoms with Crippen molar-refractivity contribution in [1.82, 2.24) is 0 Å². The second kappa shape index (κ2) is 8.91. The van der Waals surface area contributed by atoms with Crippen LogP contribution in [-0.4, -0.2) is 6.61 Å². The quantitative estimate of drug-likeness (QED) is 0.435. The predicted octanol–water partition coefficient (Wildman–Crippen LogP) is 7.06. The van der Waals surface area contributed by atoms with E-state index in [0.29, 0.717) is 12.5 Å². The molecule has 3 aromatic carbocycles. The Hall–Kier alpha value is -2.25. The molecule has 2 atom stereocenters. The molecule has 0 bridgehead atoms. The summed E-state index contributed by atoms with van der Waals surface area (Å²) in [6, 6.07) is 27.5. The van der Waals surface area contributed by atoms with Crippen molar-refractivity contribution >= 4 is 11.6 Å². The van der Waals surface area contributed by atoms with Crippen LogP contribution < -0.4 is 4.74 Å². The Morgan fingerprint density at radius 3 is 1.85 bits per heavy atom. The highest BCUT2D eigenvalue weighted by molar-refractivity contribution is 6.30. The first-order chi connectivity index (χ1) is 12.7. The highest BCUT2D eigenvalue weighted by Gasteiger charge is 2.25. The van der Waals surface area contributed by atoms with Crippen molar-refractivity contribution in [3.8, 4) is 5.75 Å². The van der Waals surface area contributed by atoms with Gasteiger partial charge in [0.1, 0.15) is 5.75 Å². The smallest absolute Gasteiger partial charge is 0.119 e. The SMILES string of the molecule is CCOc1ccc(C(c2ccc(Cl)cc2)C(CC)c2ccccc2)cc1. The van der Waals surface area contributed by atoms with E-state index in [1.54, 1.807) is 0 Å². The standard InChI is InChI=1S/C24H25ClO/c1-3-23(18-8-6-5-7-9-18)24(19-10-14-21(25)15-11-19)20-12-16-22(17-13-20)26-4-2/h5-17,23-24H,3-4H2,1-2H3. The molecule has 0 aromatic heterocycles. The van der Waals surface area contributed by atoms with Gasteiger partial charge in [-0.25, -0.2) is 0 Å². The van der Waals surface area contributed by atoms with Gasteiger partial charge in [0, 0.05) is 10.9 Å². The third-order valence-electron chi connectivity index (χ3n) is 4.85. The van der Waals surface area contributed by atoms with E-state index in [4.69, 9.17) is 16.3 Å². The lowest BCUT2D eigenvalue weighted by molar-refractivity contribution is 0.340. The highest BCUT2D eigenvalue weighted by Crippen LogP contribution is 2.41. The first kappa shape index (κ1) is 18.5. The molecule has 0 amide bonds. The zero-order valence-electron chi connectivity index (χ0n) is 15.4. The Morgan fingerprint density at radius 2 is 1.31 bits per heavy atom. The van der Waals surface area contributed by atoms with E-state index in [1.807, 2.05) is 19.1 Å². The molecule has 0 saturated heterocycles. The lowest BCUT2D eigenvalue weighted by atomic mass is 9.76. The minimum absolute atomic E-state index is 0.273. The van der Waals surface area contributed by atoms with Gasteiger partial charge in [-0.05, 0) is 60.2 Å². The normalized spacial score (nSPS) is 13.2. The van der Waals surface area contributed by atoms with Gasteiger partial charge in [0.05, 0.1) is 6.61 Å². The van der Waals surface area contributed by atoms with Gasteiger partial charge in [0.2, 0.25) is 0 Å². The molecule has 2 unspecified atom stereocenters. The van der Waals surface area contributed by atoms with Gasteiger partial charge in [-0.3, -0.25) is 0 Å². The Kier molecular flexibility index (Phi) is 6.35. The van der Waals surface area contributed by atoms with Crippen molar-refractivity contribution in [2.45, 2.75) is 32.1 Å². The fraction of sp³-hybridized carbons (Fsp3) is 0.250. The summed E-state index contributed by atoms with van der Waals surface area (Å²) in [6.45, 7) is 4.95. The van der Waals surface area contributed by atoms with Crippen LogP contribution in [0, 0.1) is 0 Å². The van der Waals surface area contributed by atoms with Gasteiger partial charge < -0.3 is 4.74 Å². The minimum atomic E-state index is 0.273. The topological polar surface area (TPSA) is 9.23 Å². The summed E-state index contributed by atoms with van der Waals surface area (Å²) in [5, 5.41) is 0.770. The molecule has 134 valence electrons. The lowest BCUT2D eigenvalue weighted by Gasteiger charge is -2.28. The van der Waals surface area contributed by atoms with Gasteiger partial charge in [-0.2, -0.15) is 0 Å². The molecular formula is C24H25ClO.